The zero-order chi connectivity index (χ0) is 13.7. The van der Waals surface area contributed by atoms with Crippen molar-refractivity contribution in [3.8, 4) is 6.07 Å². The van der Waals surface area contributed by atoms with Gasteiger partial charge in [0.05, 0.1) is 17.9 Å². The highest BCUT2D eigenvalue weighted by Crippen LogP contribution is 2.16. The molecule has 0 aliphatic carbocycles. The summed E-state index contributed by atoms with van der Waals surface area (Å²) in [6.45, 7) is 0.612. The summed E-state index contributed by atoms with van der Waals surface area (Å²) in [6, 6.07) is 9.93. The lowest BCUT2D eigenvalue weighted by Crippen LogP contribution is -2.34. The Kier molecular flexibility index (Phi) is 4.53. The molecule has 0 bridgehead atoms. The van der Waals surface area contributed by atoms with Crippen LogP contribution in [-0.2, 0) is 14.8 Å². The Labute approximate surface area is 113 Å². The van der Waals surface area contributed by atoms with Crippen molar-refractivity contribution < 1.29 is 13.2 Å². The average Bonchev–Trinajstić information content (AvgIpc) is 2.89. The molecule has 0 spiro atoms. The second-order valence-corrected chi connectivity index (χ2v) is 6.31. The molecule has 102 valence electrons. The molecule has 19 heavy (non-hydrogen) atoms. The van der Waals surface area contributed by atoms with Gasteiger partial charge in [0.25, 0.3) is 0 Å². The van der Waals surface area contributed by atoms with E-state index < -0.39 is 16.1 Å². The van der Waals surface area contributed by atoms with Crippen LogP contribution in [0.25, 0.3) is 0 Å². The SMILES string of the molecule is N#CC(NS(=O)(=O)CC1CCCO1)c1ccccc1. The molecule has 0 aromatic heterocycles. The molecule has 0 saturated carbocycles. The summed E-state index contributed by atoms with van der Waals surface area (Å²) < 4.78 is 31.7. The van der Waals surface area contributed by atoms with E-state index >= 15 is 0 Å². The molecule has 1 fully saturated rings. The highest BCUT2D eigenvalue weighted by molar-refractivity contribution is 7.89. The lowest BCUT2D eigenvalue weighted by molar-refractivity contribution is 0.127. The van der Waals surface area contributed by atoms with E-state index in [1.54, 1.807) is 24.3 Å². The molecule has 2 atom stereocenters. The number of hydrogen-bond acceptors (Lipinski definition) is 4. The van der Waals surface area contributed by atoms with Crippen molar-refractivity contribution in [1.29, 1.82) is 5.26 Å². The normalized spacial score (nSPS) is 20.9. The number of sulfonamides is 1. The lowest BCUT2D eigenvalue weighted by atomic mass is 10.1. The van der Waals surface area contributed by atoms with Gasteiger partial charge in [-0.3, -0.25) is 0 Å². The predicted octanol–water partition coefficient (Wildman–Crippen LogP) is 1.35. The number of rotatable bonds is 5. The first-order chi connectivity index (χ1) is 9.11. The Hall–Kier alpha value is -1.42. The number of ether oxygens (including phenoxy) is 1. The monoisotopic (exact) mass is 280 g/mol. The van der Waals surface area contributed by atoms with E-state index in [4.69, 9.17) is 10.00 Å². The number of nitriles is 1. The van der Waals surface area contributed by atoms with Gasteiger partial charge in [0.15, 0.2) is 0 Å². The van der Waals surface area contributed by atoms with Crippen molar-refractivity contribution in [2.45, 2.75) is 25.0 Å². The van der Waals surface area contributed by atoms with Gasteiger partial charge in [-0.05, 0) is 18.4 Å². The summed E-state index contributed by atoms with van der Waals surface area (Å²) in [7, 11) is -3.52. The topological polar surface area (TPSA) is 79.2 Å². The zero-order valence-electron chi connectivity index (χ0n) is 10.5. The van der Waals surface area contributed by atoms with E-state index in [0.29, 0.717) is 12.2 Å². The average molecular weight is 280 g/mol. The molecule has 0 radical (unpaired) electrons. The molecule has 2 unspecified atom stereocenters. The summed E-state index contributed by atoms with van der Waals surface area (Å²) in [5, 5.41) is 9.10. The predicted molar refractivity (Wildman–Crippen MR) is 70.7 cm³/mol. The fraction of sp³-hybridized carbons (Fsp3) is 0.462. The van der Waals surface area contributed by atoms with Crippen LogP contribution in [0.15, 0.2) is 30.3 Å². The van der Waals surface area contributed by atoms with Crippen LogP contribution < -0.4 is 4.72 Å². The molecule has 0 amide bonds. The smallest absolute Gasteiger partial charge is 0.215 e. The third kappa shape index (κ3) is 4.03. The summed E-state index contributed by atoms with van der Waals surface area (Å²) in [6.07, 6.45) is 1.39. The van der Waals surface area contributed by atoms with Crippen molar-refractivity contribution in [3.05, 3.63) is 35.9 Å². The maximum absolute atomic E-state index is 12.0. The molecule has 6 heteroatoms. The number of hydrogen-bond donors (Lipinski definition) is 1. The minimum absolute atomic E-state index is 0.0853. The van der Waals surface area contributed by atoms with Crippen LogP contribution in [0.2, 0.25) is 0 Å². The Morgan fingerprint density at radius 1 is 1.42 bits per heavy atom. The van der Waals surface area contributed by atoms with Crippen LogP contribution >= 0.6 is 0 Å². The second-order valence-electron chi connectivity index (χ2n) is 4.51. The quantitative estimate of drug-likeness (QED) is 0.883. The third-order valence-corrected chi connectivity index (χ3v) is 4.39. The van der Waals surface area contributed by atoms with Gasteiger partial charge < -0.3 is 4.74 Å². The first-order valence-electron chi connectivity index (χ1n) is 6.17. The fourth-order valence-electron chi connectivity index (χ4n) is 2.06. The first kappa shape index (κ1) is 14.0. The zero-order valence-corrected chi connectivity index (χ0v) is 11.3. The van der Waals surface area contributed by atoms with Gasteiger partial charge in [-0.25, -0.2) is 8.42 Å². The summed E-state index contributed by atoms with van der Waals surface area (Å²) in [4.78, 5) is 0. The molecule has 1 aliphatic rings. The van der Waals surface area contributed by atoms with Crippen LogP contribution in [0.4, 0.5) is 0 Å². The van der Waals surface area contributed by atoms with Crippen molar-refractivity contribution >= 4 is 10.0 Å². The minimum atomic E-state index is -3.52. The highest BCUT2D eigenvalue weighted by atomic mass is 32.2. The number of benzene rings is 1. The van der Waals surface area contributed by atoms with E-state index in [1.807, 2.05) is 12.1 Å². The first-order valence-corrected chi connectivity index (χ1v) is 7.82. The molecule has 1 aromatic carbocycles. The standard InChI is InChI=1S/C13H16N2O3S/c14-9-13(11-5-2-1-3-6-11)15-19(16,17)10-12-7-4-8-18-12/h1-3,5-6,12-13,15H,4,7-8,10H2. The summed E-state index contributed by atoms with van der Waals surface area (Å²) in [5.41, 5.74) is 0.640. The molecule has 1 N–H and O–H groups in total. The minimum Gasteiger partial charge on any atom is -0.377 e. The van der Waals surface area contributed by atoms with Gasteiger partial charge >= 0.3 is 0 Å². The van der Waals surface area contributed by atoms with Crippen molar-refractivity contribution in [2.24, 2.45) is 0 Å². The van der Waals surface area contributed by atoms with Gasteiger partial charge in [0.1, 0.15) is 6.04 Å². The van der Waals surface area contributed by atoms with Crippen molar-refractivity contribution in [3.63, 3.8) is 0 Å². The van der Waals surface area contributed by atoms with E-state index in [0.717, 1.165) is 12.8 Å². The van der Waals surface area contributed by atoms with Crippen LogP contribution in [0.3, 0.4) is 0 Å². The van der Waals surface area contributed by atoms with Crippen LogP contribution in [-0.4, -0.2) is 26.9 Å². The van der Waals surface area contributed by atoms with E-state index in [1.165, 1.54) is 0 Å². The van der Waals surface area contributed by atoms with Gasteiger partial charge in [-0.1, -0.05) is 30.3 Å². The van der Waals surface area contributed by atoms with E-state index in [9.17, 15) is 8.42 Å². The maximum atomic E-state index is 12.0. The summed E-state index contributed by atoms with van der Waals surface area (Å²) >= 11 is 0. The third-order valence-electron chi connectivity index (χ3n) is 2.99. The molecular weight excluding hydrogens is 264 g/mol. The molecule has 1 aliphatic heterocycles. The van der Waals surface area contributed by atoms with E-state index in [2.05, 4.69) is 4.72 Å². The molecule has 2 rings (SSSR count). The van der Waals surface area contributed by atoms with Crippen LogP contribution in [0, 0.1) is 11.3 Å². The Morgan fingerprint density at radius 3 is 2.74 bits per heavy atom. The largest absolute Gasteiger partial charge is 0.377 e. The van der Waals surface area contributed by atoms with Gasteiger partial charge in [-0.15, -0.1) is 0 Å². The molecular formula is C13H16N2O3S. The molecule has 1 aromatic rings. The Bertz CT molecular complexity index is 545. The molecule has 5 nitrogen and oxygen atoms in total. The second kappa shape index (κ2) is 6.15. The van der Waals surface area contributed by atoms with Crippen LogP contribution in [0.5, 0.6) is 0 Å². The Balaban J connectivity index is 2.03. The van der Waals surface area contributed by atoms with Gasteiger partial charge in [0.2, 0.25) is 10.0 Å². The van der Waals surface area contributed by atoms with E-state index in [-0.39, 0.29) is 11.9 Å². The fourth-order valence-corrected chi connectivity index (χ4v) is 3.46. The molecule has 1 saturated heterocycles. The Morgan fingerprint density at radius 2 is 2.16 bits per heavy atom. The number of nitrogens with zero attached hydrogens (tertiary/aromatic N) is 1. The summed E-state index contributed by atoms with van der Waals surface area (Å²) in [5.74, 6) is -0.0853. The van der Waals surface area contributed by atoms with Crippen molar-refractivity contribution in [1.82, 2.24) is 4.72 Å². The molecule has 1 heterocycles. The lowest BCUT2D eigenvalue weighted by Gasteiger charge is -2.14. The van der Waals surface area contributed by atoms with Gasteiger partial charge in [0, 0.05) is 6.61 Å². The number of nitrogens with one attached hydrogen (secondary N) is 1. The highest BCUT2D eigenvalue weighted by Gasteiger charge is 2.26. The maximum Gasteiger partial charge on any atom is 0.215 e. The van der Waals surface area contributed by atoms with Crippen molar-refractivity contribution in [2.75, 3.05) is 12.4 Å². The van der Waals surface area contributed by atoms with Gasteiger partial charge in [-0.2, -0.15) is 9.98 Å². The van der Waals surface area contributed by atoms with Crippen LogP contribution in [0.1, 0.15) is 24.4 Å².